The zero-order valence-corrected chi connectivity index (χ0v) is 10.8. The number of hydrogen-bond acceptors (Lipinski definition) is 2. The summed E-state index contributed by atoms with van der Waals surface area (Å²) >= 11 is 3.40. The Morgan fingerprint density at radius 1 is 1.44 bits per heavy atom. The molecule has 2 rings (SSSR count). The minimum absolute atomic E-state index is 0.00588. The highest BCUT2D eigenvalue weighted by molar-refractivity contribution is 9.10. The first kappa shape index (κ1) is 11.6. The Morgan fingerprint density at radius 3 is 2.69 bits per heavy atom. The molecule has 0 radical (unpaired) electrons. The van der Waals surface area contributed by atoms with E-state index in [-0.39, 0.29) is 11.9 Å². The number of rotatable bonds is 3. The van der Waals surface area contributed by atoms with Gasteiger partial charge < -0.3 is 10.2 Å². The first-order valence-electron chi connectivity index (χ1n) is 5.39. The molecule has 16 heavy (non-hydrogen) atoms. The van der Waals surface area contributed by atoms with Gasteiger partial charge in [0, 0.05) is 24.6 Å². The van der Waals surface area contributed by atoms with Gasteiger partial charge in [0.2, 0.25) is 5.91 Å². The van der Waals surface area contributed by atoms with Crippen LogP contribution < -0.4 is 5.32 Å². The highest BCUT2D eigenvalue weighted by atomic mass is 79.9. The molecular formula is C12H15BrN2O. The molecule has 1 aromatic rings. The van der Waals surface area contributed by atoms with Crippen molar-refractivity contribution in [2.75, 3.05) is 13.6 Å². The van der Waals surface area contributed by atoms with Crippen molar-refractivity contribution in [1.29, 1.82) is 0 Å². The van der Waals surface area contributed by atoms with E-state index in [0.29, 0.717) is 0 Å². The minimum atomic E-state index is -0.00588. The lowest BCUT2D eigenvalue weighted by molar-refractivity contribution is -0.128. The van der Waals surface area contributed by atoms with Crippen LogP contribution in [0.25, 0.3) is 0 Å². The Kier molecular flexibility index (Phi) is 3.61. The summed E-state index contributed by atoms with van der Waals surface area (Å²) in [4.78, 5) is 13.4. The molecule has 1 amide bonds. The van der Waals surface area contributed by atoms with Crippen molar-refractivity contribution >= 4 is 21.8 Å². The second-order valence-corrected chi connectivity index (χ2v) is 5.02. The first-order chi connectivity index (χ1) is 7.66. The zero-order chi connectivity index (χ0) is 11.5. The van der Waals surface area contributed by atoms with Crippen molar-refractivity contribution in [3.05, 3.63) is 34.3 Å². The monoisotopic (exact) mass is 282 g/mol. The molecule has 1 aliphatic heterocycles. The fourth-order valence-electron chi connectivity index (χ4n) is 1.86. The van der Waals surface area contributed by atoms with Crippen molar-refractivity contribution in [2.24, 2.45) is 0 Å². The SMILES string of the molecule is CN1CCC(NCc2ccc(Br)cc2)C1=O. The van der Waals surface area contributed by atoms with Gasteiger partial charge in [-0.2, -0.15) is 0 Å². The van der Waals surface area contributed by atoms with E-state index >= 15 is 0 Å². The maximum absolute atomic E-state index is 11.6. The second kappa shape index (κ2) is 4.97. The summed E-state index contributed by atoms with van der Waals surface area (Å²) in [6.45, 7) is 1.61. The van der Waals surface area contributed by atoms with Gasteiger partial charge >= 0.3 is 0 Å². The summed E-state index contributed by atoms with van der Waals surface area (Å²) < 4.78 is 1.08. The number of carbonyl (C=O) groups is 1. The van der Waals surface area contributed by atoms with Crippen LogP contribution >= 0.6 is 15.9 Å². The summed E-state index contributed by atoms with van der Waals surface area (Å²) in [5.74, 6) is 0.206. The van der Waals surface area contributed by atoms with E-state index in [1.807, 2.05) is 19.2 Å². The number of benzene rings is 1. The zero-order valence-electron chi connectivity index (χ0n) is 9.24. The fourth-order valence-corrected chi connectivity index (χ4v) is 2.12. The van der Waals surface area contributed by atoms with Crippen LogP contribution in [0.2, 0.25) is 0 Å². The van der Waals surface area contributed by atoms with E-state index in [2.05, 4.69) is 33.4 Å². The normalized spacial score (nSPS) is 20.5. The predicted molar refractivity (Wildman–Crippen MR) is 67.0 cm³/mol. The summed E-state index contributed by atoms with van der Waals surface area (Å²) in [7, 11) is 1.85. The van der Waals surface area contributed by atoms with E-state index < -0.39 is 0 Å². The molecule has 1 fully saturated rings. The Labute approximate surface area is 104 Å². The highest BCUT2D eigenvalue weighted by Gasteiger charge is 2.28. The smallest absolute Gasteiger partial charge is 0.239 e. The van der Waals surface area contributed by atoms with E-state index in [1.54, 1.807) is 4.90 Å². The van der Waals surface area contributed by atoms with Gasteiger partial charge in [-0.25, -0.2) is 0 Å². The van der Waals surface area contributed by atoms with Gasteiger partial charge in [0.05, 0.1) is 6.04 Å². The quantitative estimate of drug-likeness (QED) is 0.917. The molecule has 1 unspecified atom stereocenters. The number of nitrogens with zero attached hydrogens (tertiary/aromatic N) is 1. The number of carbonyl (C=O) groups excluding carboxylic acids is 1. The molecule has 1 saturated heterocycles. The number of amides is 1. The molecule has 1 atom stereocenters. The second-order valence-electron chi connectivity index (χ2n) is 4.11. The third kappa shape index (κ3) is 2.62. The molecule has 0 aromatic heterocycles. The lowest BCUT2D eigenvalue weighted by Crippen LogP contribution is -2.36. The van der Waals surface area contributed by atoms with Crippen molar-refractivity contribution < 1.29 is 4.79 Å². The Bertz CT molecular complexity index is 377. The van der Waals surface area contributed by atoms with E-state index in [1.165, 1.54) is 5.56 Å². The molecule has 0 saturated carbocycles. The van der Waals surface area contributed by atoms with Gasteiger partial charge in [0.25, 0.3) is 0 Å². The Morgan fingerprint density at radius 2 is 2.12 bits per heavy atom. The standard InChI is InChI=1S/C12H15BrN2O/c1-15-7-6-11(12(15)16)14-8-9-2-4-10(13)5-3-9/h2-5,11,14H,6-8H2,1H3. The molecule has 1 heterocycles. The molecule has 0 spiro atoms. The third-order valence-corrected chi connectivity index (χ3v) is 3.42. The molecule has 86 valence electrons. The van der Waals surface area contributed by atoms with Crippen molar-refractivity contribution in [3.63, 3.8) is 0 Å². The average molecular weight is 283 g/mol. The summed E-state index contributed by atoms with van der Waals surface area (Å²) in [5, 5.41) is 3.29. The van der Waals surface area contributed by atoms with E-state index in [4.69, 9.17) is 0 Å². The minimum Gasteiger partial charge on any atom is -0.344 e. The Balaban J connectivity index is 1.88. The summed E-state index contributed by atoms with van der Waals surface area (Å²) in [6.07, 6.45) is 0.909. The number of likely N-dealkylation sites (tertiary alicyclic amines) is 1. The van der Waals surface area contributed by atoms with Crippen LogP contribution in [0.4, 0.5) is 0 Å². The number of halogens is 1. The lowest BCUT2D eigenvalue weighted by Gasteiger charge is -2.12. The van der Waals surface area contributed by atoms with Gasteiger partial charge in [0.1, 0.15) is 0 Å². The van der Waals surface area contributed by atoms with Crippen molar-refractivity contribution in [2.45, 2.75) is 19.0 Å². The molecule has 1 aliphatic rings. The van der Waals surface area contributed by atoms with Gasteiger partial charge in [0.15, 0.2) is 0 Å². The van der Waals surface area contributed by atoms with Crippen LogP contribution in [0.15, 0.2) is 28.7 Å². The lowest BCUT2D eigenvalue weighted by atomic mass is 10.2. The van der Waals surface area contributed by atoms with Crippen molar-refractivity contribution in [3.8, 4) is 0 Å². The highest BCUT2D eigenvalue weighted by Crippen LogP contribution is 2.12. The molecular weight excluding hydrogens is 268 g/mol. The Hall–Kier alpha value is -0.870. The topological polar surface area (TPSA) is 32.3 Å². The molecule has 4 heteroatoms. The maximum Gasteiger partial charge on any atom is 0.239 e. The summed E-state index contributed by atoms with van der Waals surface area (Å²) in [6, 6.07) is 8.13. The van der Waals surface area contributed by atoms with E-state index in [9.17, 15) is 4.79 Å². The number of hydrogen-bond donors (Lipinski definition) is 1. The van der Waals surface area contributed by atoms with Crippen LogP contribution in [-0.2, 0) is 11.3 Å². The number of nitrogens with one attached hydrogen (secondary N) is 1. The number of likely N-dealkylation sites (N-methyl/N-ethyl adjacent to an activating group) is 1. The van der Waals surface area contributed by atoms with Gasteiger partial charge in [-0.3, -0.25) is 4.79 Å². The van der Waals surface area contributed by atoms with Crippen LogP contribution in [0.5, 0.6) is 0 Å². The molecule has 0 bridgehead atoms. The van der Waals surface area contributed by atoms with Crippen molar-refractivity contribution in [1.82, 2.24) is 10.2 Å². The maximum atomic E-state index is 11.6. The van der Waals surface area contributed by atoms with E-state index in [0.717, 1.165) is 24.0 Å². The molecule has 3 nitrogen and oxygen atoms in total. The van der Waals surface area contributed by atoms with Gasteiger partial charge in [-0.15, -0.1) is 0 Å². The van der Waals surface area contributed by atoms with Crippen LogP contribution in [-0.4, -0.2) is 30.4 Å². The van der Waals surface area contributed by atoms with Gasteiger partial charge in [-0.1, -0.05) is 28.1 Å². The first-order valence-corrected chi connectivity index (χ1v) is 6.19. The van der Waals surface area contributed by atoms with Crippen LogP contribution in [0, 0.1) is 0 Å². The molecule has 0 aliphatic carbocycles. The van der Waals surface area contributed by atoms with Crippen LogP contribution in [0.3, 0.4) is 0 Å². The fraction of sp³-hybridized carbons (Fsp3) is 0.417. The third-order valence-electron chi connectivity index (χ3n) is 2.89. The largest absolute Gasteiger partial charge is 0.344 e. The molecule has 1 N–H and O–H groups in total. The van der Waals surface area contributed by atoms with Crippen LogP contribution in [0.1, 0.15) is 12.0 Å². The average Bonchev–Trinajstić information content (AvgIpc) is 2.60. The van der Waals surface area contributed by atoms with Gasteiger partial charge in [-0.05, 0) is 24.1 Å². The molecule has 1 aromatic carbocycles. The summed E-state index contributed by atoms with van der Waals surface area (Å²) in [5.41, 5.74) is 1.20. The predicted octanol–water partition coefficient (Wildman–Crippen LogP) is 1.77.